The molecule has 0 bridgehead atoms. The zero-order valence-corrected chi connectivity index (χ0v) is 14.4. The van der Waals surface area contributed by atoms with Crippen molar-refractivity contribution >= 4 is 29.0 Å². The highest BCUT2D eigenvalue weighted by molar-refractivity contribution is 7.80. The van der Waals surface area contributed by atoms with E-state index in [0.29, 0.717) is 17.4 Å². The van der Waals surface area contributed by atoms with Gasteiger partial charge in [-0.3, -0.25) is 0 Å². The van der Waals surface area contributed by atoms with Gasteiger partial charge in [-0.05, 0) is 42.0 Å². The maximum Gasteiger partial charge on any atom is 0.348 e. The molecule has 1 N–H and O–H groups in total. The van der Waals surface area contributed by atoms with E-state index in [0.717, 1.165) is 11.3 Å². The molecule has 0 amide bonds. The normalized spacial score (nSPS) is 15.8. The summed E-state index contributed by atoms with van der Waals surface area (Å²) in [5, 5.41) is 3.59. The highest BCUT2D eigenvalue weighted by Crippen LogP contribution is 2.33. The summed E-state index contributed by atoms with van der Waals surface area (Å²) >= 11 is 5.48. The molecule has 0 unspecified atom stereocenters. The number of benzene rings is 2. The highest BCUT2D eigenvalue weighted by atomic mass is 32.1. The molecule has 5 nitrogen and oxygen atoms in total. The molecule has 0 fully saturated rings. The molecule has 130 valence electrons. The molecule has 25 heavy (non-hydrogen) atoms. The van der Waals surface area contributed by atoms with Gasteiger partial charge in [0.25, 0.3) is 0 Å². The van der Waals surface area contributed by atoms with Crippen LogP contribution in [0, 0.1) is 5.82 Å². The summed E-state index contributed by atoms with van der Waals surface area (Å²) in [7, 11) is 1.32. The summed E-state index contributed by atoms with van der Waals surface area (Å²) in [6.45, 7) is 0.695. The number of nitrogens with zero attached hydrogens (tertiary/aromatic N) is 1. The Morgan fingerprint density at radius 2 is 2.04 bits per heavy atom. The van der Waals surface area contributed by atoms with Gasteiger partial charge in [0.15, 0.2) is 5.11 Å². The number of halogens is 1. The molecule has 7 heteroatoms. The van der Waals surface area contributed by atoms with E-state index >= 15 is 0 Å². The third kappa shape index (κ3) is 3.88. The van der Waals surface area contributed by atoms with Crippen molar-refractivity contribution in [3.8, 4) is 5.75 Å². The van der Waals surface area contributed by atoms with E-state index in [1.807, 2.05) is 18.2 Å². The average Bonchev–Trinajstić information content (AvgIpc) is 2.65. The Morgan fingerprint density at radius 1 is 1.32 bits per heavy atom. The second-order valence-electron chi connectivity index (χ2n) is 5.49. The first-order chi connectivity index (χ1) is 12.1. The standard InChI is InChI=1S/C18H17FN2O3S/c1-23-17(22)16-11-21(14-4-2-3-5-15(14)24-16)18(25)20-10-12-6-8-13(19)9-7-12/h2-9,16H,10-11H2,1H3,(H,20,25)/t16-/m0/s1. The molecular formula is C18H17FN2O3S. The van der Waals surface area contributed by atoms with E-state index in [2.05, 4.69) is 5.32 Å². The third-order valence-electron chi connectivity index (χ3n) is 3.84. The van der Waals surface area contributed by atoms with Gasteiger partial charge >= 0.3 is 5.97 Å². The fourth-order valence-corrected chi connectivity index (χ4v) is 2.80. The minimum absolute atomic E-state index is 0.249. The van der Waals surface area contributed by atoms with Gasteiger partial charge in [-0.15, -0.1) is 0 Å². The number of hydrogen-bond donors (Lipinski definition) is 1. The lowest BCUT2D eigenvalue weighted by atomic mass is 10.2. The molecule has 0 saturated heterocycles. The van der Waals surface area contributed by atoms with Crippen molar-refractivity contribution < 1.29 is 18.7 Å². The molecule has 2 aromatic rings. The fourth-order valence-electron chi connectivity index (χ4n) is 2.56. The van der Waals surface area contributed by atoms with Crippen LogP contribution in [-0.4, -0.2) is 30.8 Å². The predicted octanol–water partition coefficient (Wildman–Crippen LogP) is 2.64. The van der Waals surface area contributed by atoms with Crippen LogP contribution in [0.5, 0.6) is 5.75 Å². The van der Waals surface area contributed by atoms with Crippen molar-refractivity contribution in [1.82, 2.24) is 5.32 Å². The van der Waals surface area contributed by atoms with E-state index in [4.69, 9.17) is 21.7 Å². The first kappa shape index (κ1) is 17.2. The van der Waals surface area contributed by atoms with Gasteiger partial charge in [-0.1, -0.05) is 24.3 Å². The topological polar surface area (TPSA) is 50.8 Å². The molecule has 0 aliphatic carbocycles. The number of para-hydroxylation sites is 2. The number of ether oxygens (including phenoxy) is 2. The van der Waals surface area contributed by atoms with Crippen molar-refractivity contribution in [3.63, 3.8) is 0 Å². The molecule has 0 radical (unpaired) electrons. The Bertz CT molecular complexity index is 782. The first-order valence-corrected chi connectivity index (χ1v) is 8.12. The monoisotopic (exact) mass is 360 g/mol. The Hall–Kier alpha value is -2.67. The van der Waals surface area contributed by atoms with Crippen molar-refractivity contribution in [2.75, 3.05) is 18.6 Å². The summed E-state index contributed by atoms with van der Waals surface area (Å²) < 4.78 is 23.5. The molecule has 0 aromatic heterocycles. The Labute approximate surface area is 150 Å². The Morgan fingerprint density at radius 3 is 2.76 bits per heavy atom. The minimum Gasteiger partial charge on any atom is -0.475 e. The smallest absolute Gasteiger partial charge is 0.348 e. The van der Waals surface area contributed by atoms with Crippen LogP contribution < -0.4 is 15.0 Å². The van der Waals surface area contributed by atoms with Gasteiger partial charge in [-0.25, -0.2) is 9.18 Å². The molecular weight excluding hydrogens is 343 g/mol. The quantitative estimate of drug-likeness (QED) is 0.671. The summed E-state index contributed by atoms with van der Waals surface area (Å²) in [4.78, 5) is 13.7. The van der Waals surface area contributed by atoms with Crippen LogP contribution in [0.3, 0.4) is 0 Å². The van der Waals surface area contributed by atoms with E-state index in [-0.39, 0.29) is 12.4 Å². The van der Waals surface area contributed by atoms with Gasteiger partial charge in [0.2, 0.25) is 6.10 Å². The number of methoxy groups -OCH3 is 1. The second-order valence-corrected chi connectivity index (χ2v) is 5.88. The van der Waals surface area contributed by atoms with Crippen LogP contribution in [0.4, 0.5) is 10.1 Å². The second kappa shape index (κ2) is 7.48. The van der Waals surface area contributed by atoms with Gasteiger partial charge in [0, 0.05) is 6.54 Å². The van der Waals surface area contributed by atoms with Crippen molar-refractivity contribution in [2.45, 2.75) is 12.6 Å². The van der Waals surface area contributed by atoms with E-state index in [9.17, 15) is 9.18 Å². The van der Waals surface area contributed by atoms with E-state index in [1.165, 1.54) is 19.2 Å². The molecule has 1 atom stereocenters. The van der Waals surface area contributed by atoms with Crippen LogP contribution in [0.15, 0.2) is 48.5 Å². The van der Waals surface area contributed by atoms with E-state index in [1.54, 1.807) is 23.1 Å². The van der Waals surface area contributed by atoms with Crippen LogP contribution in [0.2, 0.25) is 0 Å². The number of nitrogens with one attached hydrogen (secondary N) is 1. The molecule has 0 saturated carbocycles. The van der Waals surface area contributed by atoms with Crippen molar-refractivity contribution in [1.29, 1.82) is 0 Å². The number of carbonyl (C=O) groups excluding carboxylic acids is 1. The molecule has 1 aliphatic rings. The van der Waals surface area contributed by atoms with Crippen molar-refractivity contribution in [3.05, 3.63) is 59.9 Å². The number of esters is 1. The SMILES string of the molecule is COC(=O)[C@@H]1CN(C(=S)NCc2ccc(F)cc2)c2ccccc2O1. The number of hydrogen-bond acceptors (Lipinski definition) is 4. The van der Waals surface area contributed by atoms with Gasteiger partial charge in [-0.2, -0.15) is 0 Å². The molecule has 0 spiro atoms. The number of anilines is 1. The lowest BCUT2D eigenvalue weighted by Crippen LogP contribution is -2.50. The number of carbonyl (C=O) groups is 1. The van der Waals surface area contributed by atoms with Gasteiger partial charge in [0.05, 0.1) is 19.3 Å². The minimum atomic E-state index is -0.759. The van der Waals surface area contributed by atoms with Gasteiger partial charge in [0.1, 0.15) is 11.6 Å². The maximum absolute atomic E-state index is 13.0. The maximum atomic E-state index is 13.0. The summed E-state index contributed by atoms with van der Waals surface area (Å²) in [6.07, 6.45) is -0.759. The molecule has 3 rings (SSSR count). The predicted molar refractivity (Wildman–Crippen MR) is 96.1 cm³/mol. The molecule has 2 aromatic carbocycles. The highest BCUT2D eigenvalue weighted by Gasteiger charge is 2.33. The fraction of sp³-hybridized carbons (Fsp3) is 0.222. The molecule has 1 aliphatic heterocycles. The lowest BCUT2D eigenvalue weighted by molar-refractivity contribution is -0.148. The van der Waals surface area contributed by atoms with Crippen LogP contribution in [-0.2, 0) is 16.1 Å². The zero-order valence-electron chi connectivity index (χ0n) is 13.6. The average molecular weight is 360 g/mol. The summed E-state index contributed by atoms with van der Waals surface area (Å²) in [5.41, 5.74) is 1.68. The van der Waals surface area contributed by atoms with Crippen LogP contribution in [0.25, 0.3) is 0 Å². The van der Waals surface area contributed by atoms with E-state index < -0.39 is 12.1 Å². The zero-order chi connectivity index (χ0) is 17.8. The largest absolute Gasteiger partial charge is 0.475 e. The Kier molecular flexibility index (Phi) is 5.14. The van der Waals surface area contributed by atoms with Crippen molar-refractivity contribution in [2.24, 2.45) is 0 Å². The van der Waals surface area contributed by atoms with Crippen LogP contribution >= 0.6 is 12.2 Å². The molecule has 1 heterocycles. The first-order valence-electron chi connectivity index (χ1n) is 7.72. The lowest BCUT2D eigenvalue weighted by Gasteiger charge is -2.35. The number of thiocarbonyl (C=S) groups is 1. The number of fused-ring (bicyclic) bond motifs is 1. The van der Waals surface area contributed by atoms with Gasteiger partial charge < -0.3 is 19.7 Å². The number of rotatable bonds is 3. The third-order valence-corrected chi connectivity index (χ3v) is 4.20. The van der Waals surface area contributed by atoms with Crippen LogP contribution in [0.1, 0.15) is 5.56 Å². The Balaban J connectivity index is 1.75. The summed E-state index contributed by atoms with van der Waals surface area (Å²) in [6, 6.07) is 13.5. The summed E-state index contributed by atoms with van der Waals surface area (Å²) in [5.74, 6) is -0.176.